The van der Waals surface area contributed by atoms with Crippen LogP contribution < -0.4 is 15.4 Å². The largest absolute Gasteiger partial charge is 0.496 e. The van der Waals surface area contributed by atoms with E-state index in [2.05, 4.69) is 10.6 Å². The van der Waals surface area contributed by atoms with Crippen LogP contribution in [0, 0.1) is 5.92 Å². The molecule has 0 aromatic heterocycles. The summed E-state index contributed by atoms with van der Waals surface area (Å²) in [7, 11) is 1.62. The van der Waals surface area contributed by atoms with Crippen LogP contribution in [0.4, 0.5) is 0 Å². The van der Waals surface area contributed by atoms with Crippen molar-refractivity contribution >= 4 is 11.8 Å². The SMILES string of the molecule is COc1ccccc1CNC(=O)c1ccc(CNC(=O)C2CCCCC2)cc1. The van der Waals surface area contributed by atoms with E-state index in [0.717, 1.165) is 42.6 Å². The molecular formula is C23H28N2O3. The first-order chi connectivity index (χ1) is 13.7. The van der Waals surface area contributed by atoms with E-state index >= 15 is 0 Å². The van der Waals surface area contributed by atoms with Crippen LogP contribution in [0.2, 0.25) is 0 Å². The summed E-state index contributed by atoms with van der Waals surface area (Å²) >= 11 is 0. The molecule has 2 N–H and O–H groups in total. The lowest BCUT2D eigenvalue weighted by molar-refractivity contribution is -0.126. The van der Waals surface area contributed by atoms with Crippen LogP contribution in [-0.4, -0.2) is 18.9 Å². The molecule has 0 aliphatic heterocycles. The van der Waals surface area contributed by atoms with Crippen molar-refractivity contribution in [1.29, 1.82) is 0 Å². The van der Waals surface area contributed by atoms with E-state index in [4.69, 9.17) is 4.74 Å². The first kappa shape index (κ1) is 19.9. The minimum absolute atomic E-state index is 0.135. The number of carbonyl (C=O) groups excluding carboxylic acids is 2. The Morgan fingerprint density at radius 2 is 1.64 bits per heavy atom. The van der Waals surface area contributed by atoms with Crippen LogP contribution in [0.5, 0.6) is 5.75 Å². The normalized spacial score (nSPS) is 14.3. The van der Waals surface area contributed by atoms with E-state index < -0.39 is 0 Å². The molecule has 5 heteroatoms. The van der Waals surface area contributed by atoms with Gasteiger partial charge in [0.1, 0.15) is 5.75 Å². The van der Waals surface area contributed by atoms with Gasteiger partial charge in [-0.2, -0.15) is 0 Å². The van der Waals surface area contributed by atoms with Crippen molar-refractivity contribution in [3.8, 4) is 5.75 Å². The van der Waals surface area contributed by atoms with Gasteiger partial charge in [0.05, 0.1) is 7.11 Å². The highest BCUT2D eigenvalue weighted by Crippen LogP contribution is 2.23. The zero-order chi connectivity index (χ0) is 19.8. The standard InChI is InChI=1S/C23H28N2O3/c1-28-21-10-6-5-9-20(21)16-25-23(27)19-13-11-17(12-14-19)15-24-22(26)18-7-3-2-4-8-18/h5-6,9-14,18H,2-4,7-8,15-16H2,1H3,(H,24,26)(H,25,27). The fourth-order valence-corrected chi connectivity index (χ4v) is 3.60. The third-order valence-electron chi connectivity index (χ3n) is 5.29. The van der Waals surface area contributed by atoms with Crippen molar-refractivity contribution in [2.75, 3.05) is 7.11 Å². The second-order valence-corrected chi connectivity index (χ2v) is 7.24. The quantitative estimate of drug-likeness (QED) is 0.767. The number of benzene rings is 2. The molecule has 0 heterocycles. The molecular weight excluding hydrogens is 352 g/mol. The van der Waals surface area contributed by atoms with E-state index in [1.54, 1.807) is 19.2 Å². The van der Waals surface area contributed by atoms with Gasteiger partial charge in [-0.15, -0.1) is 0 Å². The molecule has 0 spiro atoms. The van der Waals surface area contributed by atoms with Crippen LogP contribution in [0.1, 0.15) is 53.6 Å². The molecule has 0 bridgehead atoms. The molecule has 2 aromatic carbocycles. The van der Waals surface area contributed by atoms with E-state index in [9.17, 15) is 9.59 Å². The molecule has 0 radical (unpaired) electrons. The van der Waals surface area contributed by atoms with Crippen LogP contribution >= 0.6 is 0 Å². The zero-order valence-corrected chi connectivity index (χ0v) is 16.4. The lowest BCUT2D eigenvalue weighted by Gasteiger charge is -2.20. The minimum Gasteiger partial charge on any atom is -0.496 e. The Bertz CT molecular complexity index is 796. The topological polar surface area (TPSA) is 67.4 Å². The number of rotatable bonds is 7. The Labute approximate surface area is 166 Å². The highest BCUT2D eigenvalue weighted by molar-refractivity contribution is 5.94. The van der Waals surface area contributed by atoms with Crippen LogP contribution in [0.25, 0.3) is 0 Å². The van der Waals surface area contributed by atoms with Crippen molar-refractivity contribution in [3.05, 3.63) is 65.2 Å². The molecule has 2 amide bonds. The lowest BCUT2D eigenvalue weighted by atomic mass is 9.88. The second-order valence-electron chi connectivity index (χ2n) is 7.24. The summed E-state index contributed by atoms with van der Waals surface area (Å²) in [4.78, 5) is 24.6. The Hall–Kier alpha value is -2.82. The average Bonchev–Trinajstić information content (AvgIpc) is 2.77. The first-order valence-corrected chi connectivity index (χ1v) is 9.94. The smallest absolute Gasteiger partial charge is 0.251 e. The van der Waals surface area contributed by atoms with Gasteiger partial charge in [-0.3, -0.25) is 9.59 Å². The Morgan fingerprint density at radius 3 is 2.36 bits per heavy atom. The number of para-hydroxylation sites is 1. The lowest BCUT2D eigenvalue weighted by Crippen LogP contribution is -2.31. The van der Waals surface area contributed by atoms with Crippen LogP contribution in [0.3, 0.4) is 0 Å². The monoisotopic (exact) mass is 380 g/mol. The number of nitrogens with one attached hydrogen (secondary N) is 2. The van der Waals surface area contributed by atoms with Gasteiger partial charge < -0.3 is 15.4 Å². The van der Waals surface area contributed by atoms with Crippen molar-refractivity contribution in [3.63, 3.8) is 0 Å². The van der Waals surface area contributed by atoms with Gasteiger partial charge in [-0.1, -0.05) is 49.6 Å². The first-order valence-electron chi connectivity index (χ1n) is 9.94. The summed E-state index contributed by atoms with van der Waals surface area (Å²) in [6.45, 7) is 0.903. The van der Waals surface area contributed by atoms with Crippen molar-refractivity contribution < 1.29 is 14.3 Å². The van der Waals surface area contributed by atoms with Gasteiger partial charge in [0, 0.05) is 30.1 Å². The number of ether oxygens (including phenoxy) is 1. The van der Waals surface area contributed by atoms with E-state index in [1.165, 1.54) is 6.42 Å². The summed E-state index contributed by atoms with van der Waals surface area (Å²) in [6, 6.07) is 15.0. The number of methoxy groups -OCH3 is 1. The van der Waals surface area contributed by atoms with Gasteiger partial charge in [0.25, 0.3) is 5.91 Å². The summed E-state index contributed by atoms with van der Waals surface area (Å²) in [5.74, 6) is 0.933. The minimum atomic E-state index is -0.135. The van der Waals surface area contributed by atoms with E-state index in [-0.39, 0.29) is 17.7 Å². The Kier molecular flexibility index (Phi) is 7.06. The number of amides is 2. The van der Waals surface area contributed by atoms with Crippen molar-refractivity contribution in [2.45, 2.75) is 45.2 Å². The average molecular weight is 380 g/mol. The van der Waals surface area contributed by atoms with Crippen molar-refractivity contribution in [2.24, 2.45) is 5.92 Å². The maximum absolute atomic E-state index is 12.4. The van der Waals surface area contributed by atoms with Gasteiger partial charge in [-0.05, 0) is 36.6 Å². The van der Waals surface area contributed by atoms with Crippen LogP contribution in [0.15, 0.2) is 48.5 Å². The number of hydrogen-bond donors (Lipinski definition) is 2. The molecule has 1 fully saturated rings. The molecule has 1 aliphatic rings. The summed E-state index contributed by atoms with van der Waals surface area (Å²) < 4.78 is 5.30. The Balaban J connectivity index is 1.49. The fourth-order valence-electron chi connectivity index (χ4n) is 3.60. The molecule has 3 rings (SSSR count). The van der Waals surface area contributed by atoms with Crippen LogP contribution in [-0.2, 0) is 17.9 Å². The third-order valence-corrected chi connectivity index (χ3v) is 5.29. The highest BCUT2D eigenvalue weighted by Gasteiger charge is 2.20. The van der Waals surface area contributed by atoms with Gasteiger partial charge >= 0.3 is 0 Å². The fraction of sp³-hybridized carbons (Fsp3) is 0.391. The van der Waals surface area contributed by atoms with Gasteiger partial charge in [0.15, 0.2) is 0 Å². The molecule has 28 heavy (non-hydrogen) atoms. The molecule has 2 aromatic rings. The predicted octanol–water partition coefficient (Wildman–Crippen LogP) is 3.82. The maximum atomic E-state index is 12.4. The maximum Gasteiger partial charge on any atom is 0.251 e. The summed E-state index contributed by atoms with van der Waals surface area (Å²) in [6.07, 6.45) is 5.53. The molecule has 1 aliphatic carbocycles. The van der Waals surface area contributed by atoms with Gasteiger partial charge in [-0.25, -0.2) is 0 Å². The summed E-state index contributed by atoms with van der Waals surface area (Å²) in [5, 5.41) is 5.94. The van der Waals surface area contributed by atoms with Crippen molar-refractivity contribution in [1.82, 2.24) is 10.6 Å². The molecule has 0 atom stereocenters. The predicted molar refractivity (Wildman–Crippen MR) is 109 cm³/mol. The molecule has 148 valence electrons. The van der Waals surface area contributed by atoms with Gasteiger partial charge in [0.2, 0.25) is 5.91 Å². The molecule has 5 nitrogen and oxygen atoms in total. The Morgan fingerprint density at radius 1 is 0.929 bits per heavy atom. The second kappa shape index (κ2) is 9.93. The molecule has 1 saturated carbocycles. The zero-order valence-electron chi connectivity index (χ0n) is 16.4. The number of hydrogen-bond acceptors (Lipinski definition) is 3. The molecule has 0 saturated heterocycles. The van der Waals surface area contributed by atoms with E-state index in [0.29, 0.717) is 18.7 Å². The highest BCUT2D eigenvalue weighted by atomic mass is 16.5. The molecule has 0 unspecified atom stereocenters. The summed E-state index contributed by atoms with van der Waals surface area (Å²) in [5.41, 5.74) is 2.52. The van der Waals surface area contributed by atoms with E-state index in [1.807, 2.05) is 36.4 Å². The third kappa shape index (κ3) is 5.35. The number of carbonyl (C=O) groups is 2.